The molecule has 0 bridgehead atoms. The van der Waals surface area contributed by atoms with E-state index in [4.69, 9.17) is 4.74 Å². The third-order valence-electron chi connectivity index (χ3n) is 1.78. The lowest BCUT2D eigenvalue weighted by Gasteiger charge is -2.01. The molecule has 0 heterocycles. The van der Waals surface area contributed by atoms with Gasteiger partial charge in [-0.05, 0) is 12.5 Å². The molecule has 0 spiro atoms. The molecule has 0 saturated carbocycles. The van der Waals surface area contributed by atoms with E-state index in [0.29, 0.717) is 6.61 Å². The summed E-state index contributed by atoms with van der Waals surface area (Å²) in [6, 6.07) is 9.95. The fourth-order valence-corrected chi connectivity index (χ4v) is 1.10. The molecular formula is C12H14O2. The fraction of sp³-hybridized carbons (Fsp3) is 0.250. The van der Waals surface area contributed by atoms with Crippen LogP contribution in [0.2, 0.25) is 0 Å². The van der Waals surface area contributed by atoms with E-state index < -0.39 is 0 Å². The predicted octanol–water partition coefficient (Wildman–Crippen LogP) is 2.35. The van der Waals surface area contributed by atoms with Gasteiger partial charge in [-0.15, -0.1) is 0 Å². The maximum atomic E-state index is 10.9. The monoisotopic (exact) mass is 190 g/mol. The Kier molecular flexibility index (Phi) is 4.48. The van der Waals surface area contributed by atoms with Crippen LogP contribution in [0.3, 0.4) is 0 Å². The van der Waals surface area contributed by atoms with Crippen LogP contribution in [0, 0.1) is 0 Å². The van der Waals surface area contributed by atoms with Crippen molar-refractivity contribution >= 4 is 5.97 Å². The van der Waals surface area contributed by atoms with Crippen LogP contribution < -0.4 is 0 Å². The van der Waals surface area contributed by atoms with Crippen LogP contribution in [0.5, 0.6) is 0 Å². The highest BCUT2D eigenvalue weighted by molar-refractivity contribution is 5.81. The lowest BCUT2D eigenvalue weighted by molar-refractivity contribution is -0.137. The van der Waals surface area contributed by atoms with E-state index in [2.05, 4.69) is 0 Å². The van der Waals surface area contributed by atoms with Gasteiger partial charge in [0.25, 0.3) is 0 Å². The Balaban J connectivity index is 2.25. The third-order valence-corrected chi connectivity index (χ3v) is 1.78. The smallest absolute Gasteiger partial charge is 0.330 e. The number of ether oxygens (including phenoxy) is 1. The highest BCUT2D eigenvalue weighted by Gasteiger charge is 1.96. The average molecular weight is 190 g/mol. The Labute approximate surface area is 84.2 Å². The van der Waals surface area contributed by atoms with Crippen molar-refractivity contribution in [3.63, 3.8) is 0 Å². The zero-order chi connectivity index (χ0) is 10.2. The fourth-order valence-electron chi connectivity index (χ4n) is 1.10. The molecular weight excluding hydrogens is 176 g/mol. The first kappa shape index (κ1) is 10.5. The largest absolute Gasteiger partial charge is 0.462 e. The Morgan fingerprint density at radius 1 is 1.36 bits per heavy atom. The number of benzene rings is 1. The SMILES string of the molecule is C/C=C/C(=O)OCCc1ccccc1. The highest BCUT2D eigenvalue weighted by Crippen LogP contribution is 1.99. The second-order valence-electron chi connectivity index (χ2n) is 2.90. The van der Waals surface area contributed by atoms with Crippen molar-refractivity contribution in [3.8, 4) is 0 Å². The molecule has 1 aromatic carbocycles. The van der Waals surface area contributed by atoms with E-state index in [-0.39, 0.29) is 5.97 Å². The molecule has 0 aliphatic carbocycles. The number of carbonyl (C=O) groups excluding carboxylic acids is 1. The number of esters is 1. The van der Waals surface area contributed by atoms with Crippen molar-refractivity contribution in [2.24, 2.45) is 0 Å². The molecule has 2 heteroatoms. The van der Waals surface area contributed by atoms with Gasteiger partial charge < -0.3 is 4.74 Å². The summed E-state index contributed by atoms with van der Waals surface area (Å²) in [7, 11) is 0. The maximum Gasteiger partial charge on any atom is 0.330 e. The zero-order valence-corrected chi connectivity index (χ0v) is 8.27. The summed E-state index contributed by atoms with van der Waals surface area (Å²) in [6.07, 6.45) is 3.86. The summed E-state index contributed by atoms with van der Waals surface area (Å²) in [5.41, 5.74) is 1.18. The number of allylic oxidation sites excluding steroid dienone is 1. The van der Waals surface area contributed by atoms with Crippen LogP contribution >= 0.6 is 0 Å². The third kappa shape index (κ3) is 3.90. The number of hydrogen-bond donors (Lipinski definition) is 0. The first-order valence-electron chi connectivity index (χ1n) is 4.66. The van der Waals surface area contributed by atoms with Gasteiger partial charge >= 0.3 is 5.97 Å². The number of rotatable bonds is 4. The van der Waals surface area contributed by atoms with E-state index in [0.717, 1.165) is 6.42 Å². The topological polar surface area (TPSA) is 26.3 Å². The number of carbonyl (C=O) groups is 1. The summed E-state index contributed by atoms with van der Waals surface area (Å²) in [5.74, 6) is -0.275. The summed E-state index contributed by atoms with van der Waals surface area (Å²) in [5, 5.41) is 0. The normalized spacial score (nSPS) is 10.4. The molecule has 0 saturated heterocycles. The van der Waals surface area contributed by atoms with Crippen LogP contribution in [0.1, 0.15) is 12.5 Å². The van der Waals surface area contributed by atoms with Crippen molar-refractivity contribution in [3.05, 3.63) is 48.0 Å². The van der Waals surface area contributed by atoms with Gasteiger partial charge in [-0.2, -0.15) is 0 Å². The quantitative estimate of drug-likeness (QED) is 0.538. The summed E-state index contributed by atoms with van der Waals surface area (Å²) in [6.45, 7) is 2.23. The van der Waals surface area contributed by atoms with Gasteiger partial charge in [-0.25, -0.2) is 4.79 Å². The van der Waals surface area contributed by atoms with Crippen LogP contribution in [-0.2, 0) is 16.0 Å². The predicted molar refractivity (Wildman–Crippen MR) is 55.9 cm³/mol. The summed E-state index contributed by atoms with van der Waals surface area (Å²) >= 11 is 0. The minimum atomic E-state index is -0.275. The lowest BCUT2D eigenvalue weighted by atomic mass is 10.2. The van der Waals surface area contributed by atoms with Crippen molar-refractivity contribution in [2.75, 3.05) is 6.61 Å². The van der Waals surface area contributed by atoms with E-state index in [1.54, 1.807) is 13.0 Å². The van der Waals surface area contributed by atoms with Gasteiger partial charge in [-0.1, -0.05) is 36.4 Å². The molecule has 74 valence electrons. The average Bonchev–Trinajstić information content (AvgIpc) is 2.20. The van der Waals surface area contributed by atoms with Crippen LogP contribution in [0.25, 0.3) is 0 Å². The van der Waals surface area contributed by atoms with Crippen molar-refractivity contribution in [2.45, 2.75) is 13.3 Å². The summed E-state index contributed by atoms with van der Waals surface area (Å²) in [4.78, 5) is 10.9. The minimum Gasteiger partial charge on any atom is -0.462 e. The molecule has 1 rings (SSSR count). The van der Waals surface area contributed by atoms with Gasteiger partial charge in [0.1, 0.15) is 0 Å². The summed E-state index contributed by atoms with van der Waals surface area (Å²) < 4.78 is 4.96. The first-order chi connectivity index (χ1) is 6.83. The highest BCUT2D eigenvalue weighted by atomic mass is 16.5. The molecule has 0 aliphatic rings. The van der Waals surface area contributed by atoms with Crippen molar-refractivity contribution in [1.82, 2.24) is 0 Å². The van der Waals surface area contributed by atoms with E-state index >= 15 is 0 Å². The number of hydrogen-bond acceptors (Lipinski definition) is 2. The standard InChI is InChI=1S/C12H14O2/c1-2-6-12(13)14-10-9-11-7-4-3-5-8-11/h2-8H,9-10H2,1H3/b6-2+. The van der Waals surface area contributed by atoms with Crippen molar-refractivity contribution < 1.29 is 9.53 Å². The van der Waals surface area contributed by atoms with E-state index in [1.807, 2.05) is 30.3 Å². The Morgan fingerprint density at radius 2 is 2.07 bits per heavy atom. The van der Waals surface area contributed by atoms with Gasteiger partial charge in [0.05, 0.1) is 6.61 Å². The molecule has 1 aromatic rings. The maximum absolute atomic E-state index is 10.9. The van der Waals surface area contributed by atoms with Crippen LogP contribution in [0.4, 0.5) is 0 Å². The van der Waals surface area contributed by atoms with E-state index in [9.17, 15) is 4.79 Å². The van der Waals surface area contributed by atoms with Gasteiger partial charge in [0, 0.05) is 12.5 Å². The second-order valence-corrected chi connectivity index (χ2v) is 2.90. The molecule has 0 fully saturated rings. The Morgan fingerprint density at radius 3 is 2.71 bits per heavy atom. The van der Waals surface area contributed by atoms with E-state index in [1.165, 1.54) is 11.6 Å². The Bertz CT molecular complexity index is 301. The molecule has 2 nitrogen and oxygen atoms in total. The molecule has 0 unspecified atom stereocenters. The molecule has 14 heavy (non-hydrogen) atoms. The van der Waals surface area contributed by atoms with Crippen LogP contribution in [0.15, 0.2) is 42.5 Å². The minimum absolute atomic E-state index is 0.275. The van der Waals surface area contributed by atoms with Gasteiger partial charge in [0.2, 0.25) is 0 Å². The zero-order valence-electron chi connectivity index (χ0n) is 8.27. The molecule has 0 aromatic heterocycles. The molecule has 0 amide bonds. The molecule has 0 radical (unpaired) electrons. The van der Waals surface area contributed by atoms with Crippen LogP contribution in [-0.4, -0.2) is 12.6 Å². The lowest BCUT2D eigenvalue weighted by Crippen LogP contribution is -2.04. The first-order valence-corrected chi connectivity index (χ1v) is 4.66. The Hall–Kier alpha value is -1.57. The van der Waals surface area contributed by atoms with Gasteiger partial charge in [0.15, 0.2) is 0 Å². The molecule has 0 aliphatic heterocycles. The van der Waals surface area contributed by atoms with Gasteiger partial charge in [-0.3, -0.25) is 0 Å². The van der Waals surface area contributed by atoms with Crippen molar-refractivity contribution in [1.29, 1.82) is 0 Å². The molecule has 0 N–H and O–H groups in total. The molecule has 0 atom stereocenters. The second kappa shape index (κ2) is 5.97.